The van der Waals surface area contributed by atoms with Crippen LogP contribution in [0.1, 0.15) is 11.5 Å². The molecule has 3 aromatic rings. The van der Waals surface area contributed by atoms with Crippen molar-refractivity contribution in [2.45, 2.75) is 17.7 Å². The van der Waals surface area contributed by atoms with Crippen LogP contribution in [0.2, 0.25) is 0 Å². The molecule has 0 radical (unpaired) electrons. The van der Waals surface area contributed by atoms with Gasteiger partial charge in [0.1, 0.15) is 0 Å². The van der Waals surface area contributed by atoms with E-state index in [2.05, 4.69) is 10.1 Å². The summed E-state index contributed by atoms with van der Waals surface area (Å²) in [6, 6.07) is 13.2. The molecule has 2 aromatic heterocycles. The first-order chi connectivity index (χ1) is 10.2. The van der Waals surface area contributed by atoms with Crippen molar-refractivity contribution in [2.24, 2.45) is 0 Å². The van der Waals surface area contributed by atoms with Crippen LogP contribution in [0.3, 0.4) is 0 Å². The van der Waals surface area contributed by atoms with Gasteiger partial charge in [0.05, 0.1) is 5.75 Å². The topological polar surface area (TPSA) is 65.9 Å². The Balaban J connectivity index is 1.74. The highest BCUT2D eigenvalue weighted by molar-refractivity contribution is 7.98. The lowest BCUT2D eigenvalue weighted by Gasteiger charge is -2.00. The van der Waals surface area contributed by atoms with Crippen LogP contribution in [0.15, 0.2) is 58.2 Å². The van der Waals surface area contributed by atoms with Crippen LogP contribution in [-0.4, -0.2) is 10.1 Å². The van der Waals surface area contributed by atoms with Crippen molar-refractivity contribution in [2.75, 3.05) is 0 Å². The van der Waals surface area contributed by atoms with Gasteiger partial charge < -0.3 is 9.73 Å². The van der Waals surface area contributed by atoms with E-state index in [9.17, 15) is 5.21 Å². The second-order valence-electron chi connectivity index (χ2n) is 4.48. The minimum atomic E-state index is 0.463. The van der Waals surface area contributed by atoms with Crippen molar-refractivity contribution in [1.82, 2.24) is 10.1 Å². The maximum Gasteiger partial charge on any atom is 0.251 e. The molecule has 5 nitrogen and oxygen atoms in total. The monoisotopic (exact) mass is 299 g/mol. The molecule has 0 N–H and O–H groups in total. The van der Waals surface area contributed by atoms with Gasteiger partial charge in [-0.15, -0.1) is 0 Å². The molecule has 0 unspecified atom stereocenters. The number of pyridine rings is 1. The summed E-state index contributed by atoms with van der Waals surface area (Å²) in [6.45, 7) is 2.00. The molecular formula is C15H13N3O2S. The van der Waals surface area contributed by atoms with Crippen molar-refractivity contribution in [3.05, 3.63) is 65.3 Å². The number of rotatable bonds is 4. The molecule has 2 heterocycles. The second-order valence-corrected chi connectivity index (χ2v) is 5.48. The highest BCUT2D eigenvalue weighted by atomic mass is 32.2. The Bertz CT molecular complexity index is 758. The van der Waals surface area contributed by atoms with Gasteiger partial charge >= 0.3 is 0 Å². The van der Waals surface area contributed by atoms with E-state index in [-0.39, 0.29) is 0 Å². The van der Waals surface area contributed by atoms with Crippen LogP contribution in [0.4, 0.5) is 0 Å². The Kier molecular flexibility index (Phi) is 3.87. The van der Waals surface area contributed by atoms with Gasteiger partial charge in [0.2, 0.25) is 11.7 Å². The van der Waals surface area contributed by atoms with Crippen molar-refractivity contribution in [1.29, 1.82) is 0 Å². The van der Waals surface area contributed by atoms with Gasteiger partial charge in [0.15, 0.2) is 6.20 Å². The van der Waals surface area contributed by atoms with Crippen LogP contribution in [0.25, 0.3) is 11.4 Å². The normalized spacial score (nSPS) is 10.7. The molecular weight excluding hydrogens is 286 g/mol. The fourth-order valence-electron chi connectivity index (χ4n) is 1.91. The van der Waals surface area contributed by atoms with E-state index in [4.69, 9.17) is 4.52 Å². The summed E-state index contributed by atoms with van der Waals surface area (Å²) in [6.07, 6.45) is 1.47. The maximum atomic E-state index is 11.5. The molecule has 0 saturated carbocycles. The average molecular weight is 299 g/mol. The molecule has 0 fully saturated rings. The fraction of sp³-hybridized carbons (Fsp3) is 0.133. The summed E-state index contributed by atoms with van der Waals surface area (Å²) >= 11 is 1.37. The van der Waals surface area contributed by atoms with Crippen LogP contribution in [-0.2, 0) is 5.75 Å². The number of aryl methyl sites for hydroxylation is 1. The first kappa shape index (κ1) is 13.6. The van der Waals surface area contributed by atoms with E-state index >= 15 is 0 Å². The molecule has 0 bridgehead atoms. The number of hydrogen-bond acceptors (Lipinski definition) is 5. The highest BCUT2D eigenvalue weighted by Crippen LogP contribution is 2.23. The third kappa shape index (κ3) is 3.05. The lowest BCUT2D eigenvalue weighted by atomic mass is 10.1. The molecule has 0 atom stereocenters. The smallest absolute Gasteiger partial charge is 0.251 e. The molecule has 0 spiro atoms. The minimum Gasteiger partial charge on any atom is -0.618 e. The lowest BCUT2D eigenvalue weighted by Crippen LogP contribution is -2.27. The molecule has 0 aliphatic heterocycles. The zero-order chi connectivity index (χ0) is 14.7. The van der Waals surface area contributed by atoms with Gasteiger partial charge in [-0.3, -0.25) is 0 Å². The quantitative estimate of drug-likeness (QED) is 0.421. The van der Waals surface area contributed by atoms with Gasteiger partial charge in [-0.05, 0) is 30.3 Å². The van der Waals surface area contributed by atoms with Gasteiger partial charge in [-0.2, -0.15) is 9.71 Å². The van der Waals surface area contributed by atoms with Crippen molar-refractivity contribution in [3.63, 3.8) is 0 Å². The first-order valence-corrected chi connectivity index (χ1v) is 7.42. The Morgan fingerprint density at radius 1 is 1.19 bits per heavy atom. The highest BCUT2D eigenvalue weighted by Gasteiger charge is 2.12. The van der Waals surface area contributed by atoms with Crippen LogP contribution in [0, 0.1) is 12.1 Å². The summed E-state index contributed by atoms with van der Waals surface area (Å²) in [5, 5.41) is 16.1. The molecule has 21 heavy (non-hydrogen) atoms. The SMILES string of the molecule is Cc1ccccc1-c1noc(CSc2cccc[n+]2[O-])n1. The Morgan fingerprint density at radius 3 is 2.81 bits per heavy atom. The van der Waals surface area contributed by atoms with E-state index < -0.39 is 0 Å². The van der Waals surface area contributed by atoms with Crippen molar-refractivity contribution >= 4 is 11.8 Å². The van der Waals surface area contributed by atoms with E-state index in [1.165, 1.54) is 18.0 Å². The molecule has 0 saturated heterocycles. The second kappa shape index (κ2) is 5.97. The van der Waals surface area contributed by atoms with E-state index in [0.717, 1.165) is 15.9 Å². The third-order valence-corrected chi connectivity index (χ3v) is 3.99. The Labute approximate surface area is 126 Å². The van der Waals surface area contributed by atoms with Crippen molar-refractivity contribution in [3.8, 4) is 11.4 Å². The Morgan fingerprint density at radius 2 is 2.00 bits per heavy atom. The fourth-order valence-corrected chi connectivity index (χ4v) is 2.66. The molecule has 106 valence electrons. The van der Waals surface area contributed by atoms with E-state index in [1.54, 1.807) is 12.1 Å². The van der Waals surface area contributed by atoms with Crippen LogP contribution in [0.5, 0.6) is 0 Å². The number of nitrogens with zero attached hydrogens (tertiary/aromatic N) is 3. The van der Waals surface area contributed by atoms with Crippen LogP contribution >= 0.6 is 11.8 Å². The molecule has 0 amide bonds. The first-order valence-electron chi connectivity index (χ1n) is 6.43. The zero-order valence-corrected chi connectivity index (χ0v) is 12.2. The summed E-state index contributed by atoms with van der Waals surface area (Å²) in [5.41, 5.74) is 2.05. The maximum absolute atomic E-state index is 11.5. The van der Waals surface area contributed by atoms with Crippen LogP contribution < -0.4 is 4.73 Å². The predicted molar refractivity (Wildman–Crippen MR) is 79.4 cm³/mol. The molecule has 6 heteroatoms. The molecule has 0 aliphatic rings. The number of hydrogen-bond donors (Lipinski definition) is 0. The average Bonchev–Trinajstić information content (AvgIpc) is 2.96. The summed E-state index contributed by atoms with van der Waals surface area (Å²) in [4.78, 5) is 4.38. The Hall–Kier alpha value is -2.34. The lowest BCUT2D eigenvalue weighted by molar-refractivity contribution is -0.645. The number of benzene rings is 1. The van der Waals surface area contributed by atoms with Gasteiger partial charge in [-0.1, -0.05) is 29.4 Å². The predicted octanol–water partition coefficient (Wildman–Crippen LogP) is 2.97. The summed E-state index contributed by atoms with van der Waals surface area (Å²) in [5.74, 6) is 1.54. The number of aromatic nitrogens is 3. The standard InChI is InChI=1S/C15H13N3O2S/c1-11-6-2-3-7-12(11)15-16-13(20-17-15)10-21-14-8-4-5-9-18(14)19/h2-9H,10H2,1H3. The van der Waals surface area contributed by atoms with E-state index in [1.807, 2.05) is 37.3 Å². The van der Waals surface area contributed by atoms with Gasteiger partial charge in [0, 0.05) is 17.7 Å². The zero-order valence-electron chi connectivity index (χ0n) is 11.4. The van der Waals surface area contributed by atoms with Gasteiger partial charge in [0.25, 0.3) is 5.03 Å². The summed E-state index contributed by atoms with van der Waals surface area (Å²) in [7, 11) is 0. The number of thioether (sulfide) groups is 1. The molecule has 0 aliphatic carbocycles. The van der Waals surface area contributed by atoms with E-state index in [0.29, 0.717) is 22.5 Å². The molecule has 1 aromatic carbocycles. The summed E-state index contributed by atoms with van der Waals surface area (Å²) < 4.78 is 6.07. The third-order valence-electron chi connectivity index (χ3n) is 2.99. The van der Waals surface area contributed by atoms with Gasteiger partial charge in [-0.25, -0.2) is 0 Å². The largest absolute Gasteiger partial charge is 0.618 e. The molecule has 3 rings (SSSR count). The minimum absolute atomic E-state index is 0.463. The van der Waals surface area contributed by atoms with Crippen molar-refractivity contribution < 1.29 is 9.25 Å².